The van der Waals surface area contributed by atoms with E-state index in [4.69, 9.17) is 5.11 Å². The van der Waals surface area contributed by atoms with E-state index in [1.165, 1.54) is 19.4 Å². The highest BCUT2D eigenvalue weighted by Gasteiger charge is 2.07. The van der Waals surface area contributed by atoms with E-state index in [1.54, 1.807) is 0 Å². The summed E-state index contributed by atoms with van der Waals surface area (Å²) in [7, 11) is 2.18. The Morgan fingerprint density at radius 1 is 1.29 bits per heavy atom. The van der Waals surface area contributed by atoms with E-state index in [1.807, 2.05) is 0 Å². The van der Waals surface area contributed by atoms with Crippen LogP contribution in [-0.2, 0) is 0 Å². The van der Waals surface area contributed by atoms with Gasteiger partial charge < -0.3 is 10.0 Å². The maximum Gasteiger partial charge on any atom is 0.0431 e. The summed E-state index contributed by atoms with van der Waals surface area (Å²) in [6, 6.07) is 0. The van der Waals surface area contributed by atoms with Gasteiger partial charge in [0.05, 0.1) is 0 Å². The smallest absolute Gasteiger partial charge is 0.0431 e. The third-order valence-electron chi connectivity index (χ3n) is 2.56. The highest BCUT2D eigenvalue weighted by molar-refractivity contribution is 9.09. The minimum Gasteiger partial charge on any atom is -0.396 e. The Balaban J connectivity index is 3.38. The van der Waals surface area contributed by atoms with Gasteiger partial charge in [-0.2, -0.15) is 0 Å². The molecule has 0 aromatic carbocycles. The lowest BCUT2D eigenvalue weighted by atomic mass is 10.1. The highest BCUT2D eigenvalue weighted by atomic mass is 79.9. The Hall–Kier alpha value is 0.400. The molecule has 0 heterocycles. The zero-order valence-electron chi connectivity index (χ0n) is 9.51. The minimum absolute atomic E-state index is 0.336. The van der Waals surface area contributed by atoms with Crippen molar-refractivity contribution in [2.45, 2.75) is 32.6 Å². The van der Waals surface area contributed by atoms with Crippen molar-refractivity contribution in [2.75, 3.05) is 32.1 Å². The minimum atomic E-state index is 0.336. The van der Waals surface area contributed by atoms with Crippen molar-refractivity contribution in [2.24, 2.45) is 5.92 Å². The molecule has 86 valence electrons. The Bertz CT molecular complexity index is 118. The second-order valence-corrected chi connectivity index (χ2v) is 4.62. The van der Waals surface area contributed by atoms with Gasteiger partial charge in [-0.1, -0.05) is 29.3 Å². The van der Waals surface area contributed by atoms with Gasteiger partial charge in [0.15, 0.2) is 0 Å². The summed E-state index contributed by atoms with van der Waals surface area (Å²) >= 11 is 3.54. The molecule has 0 amide bonds. The van der Waals surface area contributed by atoms with Crippen molar-refractivity contribution in [3.8, 4) is 0 Å². The van der Waals surface area contributed by atoms with Crippen LogP contribution >= 0.6 is 15.9 Å². The van der Waals surface area contributed by atoms with Crippen molar-refractivity contribution in [3.63, 3.8) is 0 Å². The molecular weight excluding hydrogens is 242 g/mol. The van der Waals surface area contributed by atoms with Crippen LogP contribution in [0.15, 0.2) is 0 Å². The van der Waals surface area contributed by atoms with E-state index >= 15 is 0 Å². The van der Waals surface area contributed by atoms with E-state index in [0.717, 1.165) is 30.6 Å². The first-order valence-electron chi connectivity index (χ1n) is 5.60. The summed E-state index contributed by atoms with van der Waals surface area (Å²) in [5, 5.41) is 9.73. The van der Waals surface area contributed by atoms with E-state index in [0.29, 0.717) is 6.61 Å². The molecule has 1 atom stereocenters. The van der Waals surface area contributed by atoms with Crippen LogP contribution in [0.1, 0.15) is 32.6 Å². The lowest BCUT2D eigenvalue weighted by Gasteiger charge is -2.21. The average molecular weight is 266 g/mol. The quantitative estimate of drug-likeness (QED) is 0.512. The first kappa shape index (κ1) is 14.4. The monoisotopic (exact) mass is 265 g/mol. The largest absolute Gasteiger partial charge is 0.396 e. The third-order valence-corrected chi connectivity index (χ3v) is 3.48. The lowest BCUT2D eigenvalue weighted by molar-refractivity contribution is 0.260. The normalized spacial score (nSPS) is 13.5. The fraction of sp³-hybridized carbons (Fsp3) is 1.00. The summed E-state index contributed by atoms with van der Waals surface area (Å²) < 4.78 is 0. The SMILES string of the molecule is CCC(CBr)CN(C)CCCCCO. The zero-order valence-corrected chi connectivity index (χ0v) is 11.1. The van der Waals surface area contributed by atoms with E-state index in [9.17, 15) is 0 Å². The molecule has 0 aliphatic heterocycles. The van der Waals surface area contributed by atoms with Crippen LogP contribution in [0.25, 0.3) is 0 Å². The molecule has 1 unspecified atom stereocenters. The molecule has 14 heavy (non-hydrogen) atoms. The molecule has 0 aliphatic rings. The summed E-state index contributed by atoms with van der Waals surface area (Å²) in [6.07, 6.45) is 4.54. The molecule has 0 radical (unpaired) electrons. The van der Waals surface area contributed by atoms with Gasteiger partial charge in [0, 0.05) is 18.5 Å². The van der Waals surface area contributed by atoms with Crippen LogP contribution in [-0.4, -0.2) is 42.1 Å². The van der Waals surface area contributed by atoms with Crippen LogP contribution in [0, 0.1) is 5.92 Å². The van der Waals surface area contributed by atoms with Gasteiger partial charge >= 0.3 is 0 Å². The fourth-order valence-corrected chi connectivity index (χ4v) is 2.15. The second-order valence-electron chi connectivity index (χ2n) is 3.98. The Labute approximate surface area is 96.8 Å². The van der Waals surface area contributed by atoms with Crippen molar-refractivity contribution in [3.05, 3.63) is 0 Å². The fourth-order valence-electron chi connectivity index (χ4n) is 1.49. The Morgan fingerprint density at radius 3 is 2.50 bits per heavy atom. The zero-order chi connectivity index (χ0) is 10.8. The second kappa shape index (κ2) is 9.94. The van der Waals surface area contributed by atoms with Gasteiger partial charge in [0.25, 0.3) is 0 Å². The van der Waals surface area contributed by atoms with Crippen molar-refractivity contribution in [1.82, 2.24) is 4.90 Å². The molecule has 0 fully saturated rings. The van der Waals surface area contributed by atoms with Gasteiger partial charge in [-0.3, -0.25) is 0 Å². The predicted molar refractivity (Wildman–Crippen MR) is 66.0 cm³/mol. The topological polar surface area (TPSA) is 23.5 Å². The summed E-state index contributed by atoms with van der Waals surface area (Å²) in [4.78, 5) is 2.40. The molecule has 0 saturated carbocycles. The molecule has 0 bridgehead atoms. The first-order valence-corrected chi connectivity index (χ1v) is 6.72. The van der Waals surface area contributed by atoms with Crippen LogP contribution < -0.4 is 0 Å². The number of alkyl halides is 1. The predicted octanol–water partition coefficient (Wildman–Crippen LogP) is 2.50. The van der Waals surface area contributed by atoms with Gasteiger partial charge in [0.1, 0.15) is 0 Å². The molecule has 1 N–H and O–H groups in total. The summed E-state index contributed by atoms with van der Waals surface area (Å²) in [6.45, 7) is 4.92. The van der Waals surface area contributed by atoms with Crippen LogP contribution in [0.4, 0.5) is 0 Å². The molecule has 0 saturated heterocycles. The third kappa shape index (κ3) is 7.77. The number of rotatable bonds is 9. The Morgan fingerprint density at radius 2 is 2.00 bits per heavy atom. The van der Waals surface area contributed by atoms with Crippen molar-refractivity contribution < 1.29 is 5.11 Å². The number of hydrogen-bond donors (Lipinski definition) is 1. The van der Waals surface area contributed by atoms with Gasteiger partial charge in [-0.05, 0) is 38.8 Å². The molecule has 0 aromatic heterocycles. The van der Waals surface area contributed by atoms with E-state index < -0.39 is 0 Å². The van der Waals surface area contributed by atoms with Crippen LogP contribution in [0.5, 0.6) is 0 Å². The maximum atomic E-state index is 8.63. The van der Waals surface area contributed by atoms with Gasteiger partial charge in [-0.25, -0.2) is 0 Å². The molecule has 0 aromatic rings. The summed E-state index contributed by atoms with van der Waals surface area (Å²) in [5.74, 6) is 0.776. The standard InChI is InChI=1S/C11H24BrNO/c1-3-11(9-12)10-13(2)7-5-4-6-8-14/h11,14H,3-10H2,1-2H3. The Kier molecular flexibility index (Phi) is 10.2. The number of hydrogen-bond acceptors (Lipinski definition) is 2. The van der Waals surface area contributed by atoms with Gasteiger partial charge in [-0.15, -0.1) is 0 Å². The van der Waals surface area contributed by atoms with Crippen LogP contribution in [0.2, 0.25) is 0 Å². The maximum absolute atomic E-state index is 8.63. The molecule has 0 rings (SSSR count). The van der Waals surface area contributed by atoms with E-state index in [-0.39, 0.29) is 0 Å². The lowest BCUT2D eigenvalue weighted by Crippen LogP contribution is -2.27. The number of nitrogens with zero attached hydrogens (tertiary/aromatic N) is 1. The highest BCUT2D eigenvalue weighted by Crippen LogP contribution is 2.08. The first-order chi connectivity index (χ1) is 6.74. The van der Waals surface area contributed by atoms with Crippen molar-refractivity contribution in [1.29, 1.82) is 0 Å². The molecule has 3 heteroatoms. The van der Waals surface area contributed by atoms with Gasteiger partial charge in [0.2, 0.25) is 0 Å². The number of halogens is 1. The average Bonchev–Trinajstić information content (AvgIpc) is 2.21. The number of unbranched alkanes of at least 4 members (excludes halogenated alkanes) is 2. The molecular formula is C11H24BrNO. The molecule has 0 spiro atoms. The molecule has 0 aliphatic carbocycles. The number of aliphatic hydroxyl groups is 1. The number of aliphatic hydroxyl groups excluding tert-OH is 1. The summed E-state index contributed by atoms with van der Waals surface area (Å²) in [5.41, 5.74) is 0. The van der Waals surface area contributed by atoms with Crippen LogP contribution in [0.3, 0.4) is 0 Å². The molecule has 2 nitrogen and oxygen atoms in total. The van der Waals surface area contributed by atoms with Crippen molar-refractivity contribution >= 4 is 15.9 Å². The van der Waals surface area contributed by atoms with E-state index in [2.05, 4.69) is 34.8 Å².